The summed E-state index contributed by atoms with van der Waals surface area (Å²) in [5.41, 5.74) is 5.02. The molecule has 0 aromatic rings. The minimum Gasteiger partial charge on any atom is -0.465 e. The molecule has 94 valence electrons. The van der Waals surface area contributed by atoms with Gasteiger partial charge in [-0.1, -0.05) is 13.3 Å². The molecule has 0 aliphatic carbocycles. The Bertz CT molecular complexity index is 219. The topological polar surface area (TPSA) is 81.4 Å². The highest BCUT2D eigenvalue weighted by Gasteiger charge is 2.17. The molecule has 0 spiro atoms. The Morgan fingerprint density at radius 3 is 2.56 bits per heavy atom. The minimum atomic E-state index is -0.315. The molecule has 5 nitrogen and oxygen atoms in total. The number of rotatable bonds is 9. The van der Waals surface area contributed by atoms with Gasteiger partial charge in [0, 0.05) is 6.42 Å². The molecular formula is C11H22N2O3. The van der Waals surface area contributed by atoms with Crippen molar-refractivity contribution < 1.29 is 14.3 Å². The van der Waals surface area contributed by atoms with E-state index in [9.17, 15) is 9.59 Å². The fourth-order valence-electron chi connectivity index (χ4n) is 1.37. The van der Waals surface area contributed by atoms with E-state index in [0.29, 0.717) is 26.0 Å². The summed E-state index contributed by atoms with van der Waals surface area (Å²) in [7, 11) is 0. The van der Waals surface area contributed by atoms with Gasteiger partial charge in [-0.15, -0.1) is 0 Å². The molecule has 0 aromatic carbocycles. The highest BCUT2D eigenvalue weighted by molar-refractivity contribution is 5.75. The molecular weight excluding hydrogens is 208 g/mol. The number of nitrogens with one attached hydrogen (secondary N) is 1. The molecule has 0 fully saturated rings. The number of nitrogens with two attached hydrogens (primary N) is 1. The van der Waals surface area contributed by atoms with E-state index in [2.05, 4.69) is 5.32 Å². The largest absolute Gasteiger partial charge is 0.465 e. The smallest absolute Gasteiger partial charge is 0.323 e. The lowest BCUT2D eigenvalue weighted by molar-refractivity contribution is -0.145. The van der Waals surface area contributed by atoms with Crippen molar-refractivity contribution in [3.63, 3.8) is 0 Å². The number of esters is 1. The Morgan fingerprint density at radius 1 is 1.38 bits per heavy atom. The molecule has 1 amide bonds. The molecule has 0 bridgehead atoms. The summed E-state index contributed by atoms with van der Waals surface area (Å²) in [6, 6.07) is -0.266. The van der Waals surface area contributed by atoms with Gasteiger partial charge in [-0.05, 0) is 26.3 Å². The van der Waals surface area contributed by atoms with Gasteiger partial charge in [0.1, 0.15) is 6.04 Å². The predicted octanol–water partition coefficient (Wildman–Crippen LogP) is 0.573. The maximum atomic E-state index is 11.5. The Hall–Kier alpha value is -1.10. The zero-order chi connectivity index (χ0) is 12.4. The van der Waals surface area contributed by atoms with E-state index in [1.54, 1.807) is 6.92 Å². The summed E-state index contributed by atoms with van der Waals surface area (Å²) < 4.78 is 4.94. The van der Waals surface area contributed by atoms with E-state index in [-0.39, 0.29) is 17.9 Å². The van der Waals surface area contributed by atoms with Gasteiger partial charge in [-0.2, -0.15) is 0 Å². The molecule has 1 unspecified atom stereocenters. The average Bonchev–Trinajstić information content (AvgIpc) is 2.22. The van der Waals surface area contributed by atoms with Gasteiger partial charge in [0.05, 0.1) is 6.61 Å². The van der Waals surface area contributed by atoms with Crippen LogP contribution in [0.3, 0.4) is 0 Å². The number of hydrogen-bond donors (Lipinski definition) is 2. The van der Waals surface area contributed by atoms with Gasteiger partial charge in [0.15, 0.2) is 0 Å². The number of hydrogen-bond acceptors (Lipinski definition) is 4. The van der Waals surface area contributed by atoms with E-state index in [1.807, 2.05) is 6.92 Å². The number of primary amides is 1. The fourth-order valence-corrected chi connectivity index (χ4v) is 1.37. The maximum Gasteiger partial charge on any atom is 0.323 e. The maximum absolute atomic E-state index is 11.5. The molecule has 0 rings (SSSR count). The average molecular weight is 230 g/mol. The summed E-state index contributed by atoms with van der Waals surface area (Å²) in [5.74, 6) is -0.534. The third kappa shape index (κ3) is 7.23. The van der Waals surface area contributed by atoms with Gasteiger partial charge < -0.3 is 15.8 Å². The van der Waals surface area contributed by atoms with Crippen LogP contribution in [-0.2, 0) is 14.3 Å². The standard InChI is InChI=1S/C11H22N2O3/c1-3-6-9(11(15)16-4-2)13-8-5-7-10(12)14/h9,13H,3-8H2,1-2H3,(H2,12,14). The van der Waals surface area contributed by atoms with E-state index < -0.39 is 0 Å². The summed E-state index contributed by atoms with van der Waals surface area (Å²) in [6.07, 6.45) is 2.64. The number of ether oxygens (including phenoxy) is 1. The molecule has 0 radical (unpaired) electrons. The molecule has 0 saturated heterocycles. The molecule has 0 aromatic heterocycles. The van der Waals surface area contributed by atoms with Crippen LogP contribution in [0.2, 0.25) is 0 Å². The van der Waals surface area contributed by atoms with Crippen LogP contribution in [0.5, 0.6) is 0 Å². The summed E-state index contributed by atoms with van der Waals surface area (Å²) in [6.45, 7) is 4.79. The molecule has 0 saturated carbocycles. The zero-order valence-corrected chi connectivity index (χ0v) is 10.1. The van der Waals surface area contributed by atoms with Gasteiger partial charge in [-0.25, -0.2) is 0 Å². The highest BCUT2D eigenvalue weighted by atomic mass is 16.5. The van der Waals surface area contributed by atoms with Crippen molar-refractivity contribution in [1.82, 2.24) is 5.32 Å². The molecule has 0 heterocycles. The van der Waals surface area contributed by atoms with Crippen LogP contribution in [0.1, 0.15) is 39.5 Å². The first-order valence-corrected chi connectivity index (χ1v) is 5.80. The van der Waals surface area contributed by atoms with E-state index >= 15 is 0 Å². The normalized spacial score (nSPS) is 12.1. The van der Waals surface area contributed by atoms with Crippen LogP contribution in [0.25, 0.3) is 0 Å². The number of carbonyl (C=O) groups is 2. The minimum absolute atomic E-state index is 0.219. The van der Waals surface area contributed by atoms with Gasteiger partial charge >= 0.3 is 5.97 Å². The highest BCUT2D eigenvalue weighted by Crippen LogP contribution is 2.00. The van der Waals surface area contributed by atoms with E-state index in [4.69, 9.17) is 10.5 Å². The second-order valence-electron chi connectivity index (χ2n) is 3.62. The molecule has 16 heavy (non-hydrogen) atoms. The van der Waals surface area contributed by atoms with Crippen LogP contribution in [0.15, 0.2) is 0 Å². The quantitative estimate of drug-likeness (QED) is 0.448. The lowest BCUT2D eigenvalue weighted by Gasteiger charge is -2.16. The van der Waals surface area contributed by atoms with Crippen molar-refractivity contribution in [3.8, 4) is 0 Å². The summed E-state index contributed by atoms with van der Waals surface area (Å²) in [5, 5.41) is 3.08. The first-order chi connectivity index (χ1) is 7.61. The second kappa shape index (κ2) is 9.15. The SMILES string of the molecule is CCCC(NCCCC(N)=O)C(=O)OCC. The fraction of sp³-hybridized carbons (Fsp3) is 0.818. The predicted molar refractivity (Wildman–Crippen MR) is 61.8 cm³/mol. The van der Waals surface area contributed by atoms with Crippen LogP contribution in [-0.4, -0.2) is 31.1 Å². The van der Waals surface area contributed by atoms with Crippen molar-refractivity contribution in [2.24, 2.45) is 5.73 Å². The van der Waals surface area contributed by atoms with Crippen molar-refractivity contribution in [2.45, 2.75) is 45.6 Å². The molecule has 0 aliphatic rings. The molecule has 0 aliphatic heterocycles. The van der Waals surface area contributed by atoms with Crippen LogP contribution in [0, 0.1) is 0 Å². The Labute approximate surface area is 96.7 Å². The van der Waals surface area contributed by atoms with Crippen molar-refractivity contribution >= 4 is 11.9 Å². The molecule has 3 N–H and O–H groups in total. The lowest BCUT2D eigenvalue weighted by atomic mass is 10.1. The van der Waals surface area contributed by atoms with E-state index in [0.717, 1.165) is 12.8 Å². The monoisotopic (exact) mass is 230 g/mol. The van der Waals surface area contributed by atoms with Gasteiger partial charge in [0.2, 0.25) is 5.91 Å². The number of amides is 1. The Balaban J connectivity index is 3.84. The van der Waals surface area contributed by atoms with Crippen LogP contribution < -0.4 is 11.1 Å². The van der Waals surface area contributed by atoms with Crippen molar-refractivity contribution in [1.29, 1.82) is 0 Å². The van der Waals surface area contributed by atoms with Crippen molar-refractivity contribution in [3.05, 3.63) is 0 Å². The molecule has 5 heteroatoms. The zero-order valence-electron chi connectivity index (χ0n) is 10.1. The first-order valence-electron chi connectivity index (χ1n) is 5.80. The van der Waals surface area contributed by atoms with Crippen molar-refractivity contribution in [2.75, 3.05) is 13.2 Å². The Kier molecular flexibility index (Phi) is 8.52. The summed E-state index contributed by atoms with van der Waals surface area (Å²) >= 11 is 0. The third-order valence-electron chi connectivity index (χ3n) is 2.14. The number of carbonyl (C=O) groups excluding carboxylic acids is 2. The lowest BCUT2D eigenvalue weighted by Crippen LogP contribution is -2.38. The molecule has 1 atom stereocenters. The second-order valence-corrected chi connectivity index (χ2v) is 3.62. The summed E-state index contributed by atoms with van der Waals surface area (Å²) in [4.78, 5) is 22.0. The van der Waals surface area contributed by atoms with Gasteiger partial charge in [-0.3, -0.25) is 9.59 Å². The Morgan fingerprint density at radius 2 is 2.06 bits per heavy atom. The third-order valence-corrected chi connectivity index (χ3v) is 2.14. The van der Waals surface area contributed by atoms with E-state index in [1.165, 1.54) is 0 Å². The van der Waals surface area contributed by atoms with Crippen LogP contribution >= 0.6 is 0 Å². The van der Waals surface area contributed by atoms with Gasteiger partial charge in [0.25, 0.3) is 0 Å². The van der Waals surface area contributed by atoms with Crippen LogP contribution in [0.4, 0.5) is 0 Å². The first kappa shape index (κ1) is 14.9.